The molecule has 1 aromatic heterocycles. The Kier molecular flexibility index (Phi) is 3.58. The molecule has 0 amide bonds. The van der Waals surface area contributed by atoms with E-state index in [2.05, 4.69) is 35.6 Å². The molecule has 2 heteroatoms. The molecule has 2 nitrogen and oxygen atoms in total. The van der Waals surface area contributed by atoms with Crippen molar-refractivity contribution in [2.75, 3.05) is 6.54 Å². The molecule has 0 saturated carbocycles. The quantitative estimate of drug-likeness (QED) is 0.733. The molecule has 0 aliphatic rings. The summed E-state index contributed by atoms with van der Waals surface area (Å²) in [6, 6.07) is 14.5. The van der Waals surface area contributed by atoms with Crippen molar-refractivity contribution >= 4 is 0 Å². The second kappa shape index (κ2) is 5.37. The van der Waals surface area contributed by atoms with Gasteiger partial charge in [-0.3, -0.25) is 0 Å². The summed E-state index contributed by atoms with van der Waals surface area (Å²) in [6.45, 7) is 2.03. The first-order valence-corrected chi connectivity index (χ1v) is 5.33. The van der Waals surface area contributed by atoms with Crippen LogP contribution in [0, 0.1) is 0 Å². The molecule has 2 aromatic rings. The number of hydrogen-bond acceptors (Lipinski definition) is 1. The van der Waals surface area contributed by atoms with Gasteiger partial charge in [0.1, 0.15) is 6.54 Å². The van der Waals surface area contributed by atoms with Gasteiger partial charge in [0.05, 0.1) is 12.8 Å². The number of furan rings is 1. The largest absolute Gasteiger partial charge is 0.463 e. The molecule has 0 aliphatic carbocycles. The van der Waals surface area contributed by atoms with Gasteiger partial charge < -0.3 is 9.73 Å². The molecule has 1 heterocycles. The van der Waals surface area contributed by atoms with Crippen LogP contribution < -0.4 is 5.32 Å². The summed E-state index contributed by atoms with van der Waals surface area (Å²) in [7, 11) is 0. The molecular formula is C13H16NO+. The molecule has 0 spiro atoms. The monoisotopic (exact) mass is 202 g/mol. The average Bonchev–Trinajstić information content (AvgIpc) is 2.79. The molecule has 0 radical (unpaired) electrons. The van der Waals surface area contributed by atoms with Crippen LogP contribution >= 0.6 is 0 Å². The van der Waals surface area contributed by atoms with E-state index >= 15 is 0 Å². The highest BCUT2D eigenvalue weighted by molar-refractivity contribution is 5.14. The average molecular weight is 202 g/mol. The summed E-state index contributed by atoms with van der Waals surface area (Å²) < 4.78 is 5.25. The highest BCUT2D eigenvalue weighted by atomic mass is 16.3. The summed E-state index contributed by atoms with van der Waals surface area (Å²) in [4.78, 5) is 0. The number of hydrogen-bond donors (Lipinski definition) is 1. The van der Waals surface area contributed by atoms with Gasteiger partial charge in [-0.1, -0.05) is 30.3 Å². The first kappa shape index (κ1) is 9.99. The normalized spacial score (nSPS) is 10.4. The zero-order chi connectivity index (χ0) is 10.3. The summed E-state index contributed by atoms with van der Waals surface area (Å²) in [5.41, 5.74) is 1.40. The van der Waals surface area contributed by atoms with Crippen LogP contribution in [-0.2, 0) is 13.0 Å². The Morgan fingerprint density at radius 3 is 2.60 bits per heavy atom. The van der Waals surface area contributed by atoms with Crippen molar-refractivity contribution in [3.8, 4) is 0 Å². The standard InChI is InChI=1S/C13H15NO/c1-2-5-12(6-3-1)8-9-14-11-13-7-4-10-15-13/h1-7,10,14H,8-9,11H2/p+1. The summed E-state index contributed by atoms with van der Waals surface area (Å²) in [5.74, 6) is 1.04. The molecule has 0 fully saturated rings. The van der Waals surface area contributed by atoms with Crippen LogP contribution in [0.1, 0.15) is 11.3 Å². The van der Waals surface area contributed by atoms with E-state index in [0.717, 1.165) is 25.3 Å². The summed E-state index contributed by atoms with van der Waals surface area (Å²) in [6.07, 6.45) is 2.84. The number of nitrogens with two attached hydrogens (primary N) is 1. The molecule has 0 saturated heterocycles. The van der Waals surface area contributed by atoms with Crippen LogP contribution in [0.3, 0.4) is 0 Å². The van der Waals surface area contributed by atoms with Gasteiger partial charge in [-0.2, -0.15) is 0 Å². The molecule has 0 aliphatic heterocycles. The van der Waals surface area contributed by atoms with Crippen LogP contribution in [-0.4, -0.2) is 6.54 Å². The Bertz CT molecular complexity index is 367. The molecule has 1 aromatic carbocycles. The lowest BCUT2D eigenvalue weighted by atomic mass is 10.1. The van der Waals surface area contributed by atoms with E-state index in [9.17, 15) is 0 Å². The van der Waals surface area contributed by atoms with Crippen molar-refractivity contribution in [1.82, 2.24) is 0 Å². The Morgan fingerprint density at radius 1 is 1.00 bits per heavy atom. The minimum atomic E-state index is 0.930. The maximum atomic E-state index is 5.25. The SMILES string of the molecule is c1ccc(CC[NH2+]Cc2ccco2)cc1. The molecule has 0 atom stereocenters. The second-order valence-electron chi connectivity index (χ2n) is 3.60. The fraction of sp³-hybridized carbons (Fsp3) is 0.231. The van der Waals surface area contributed by atoms with E-state index in [1.807, 2.05) is 12.1 Å². The predicted octanol–water partition coefficient (Wildman–Crippen LogP) is 1.59. The lowest BCUT2D eigenvalue weighted by molar-refractivity contribution is -0.671. The van der Waals surface area contributed by atoms with E-state index < -0.39 is 0 Å². The Balaban J connectivity index is 1.68. The molecule has 15 heavy (non-hydrogen) atoms. The van der Waals surface area contributed by atoms with Gasteiger partial charge in [-0.25, -0.2) is 0 Å². The molecule has 0 bridgehead atoms. The van der Waals surface area contributed by atoms with Crippen molar-refractivity contribution in [3.63, 3.8) is 0 Å². The molecule has 78 valence electrons. The zero-order valence-electron chi connectivity index (χ0n) is 8.73. The van der Waals surface area contributed by atoms with Gasteiger partial charge in [-0.05, 0) is 17.7 Å². The van der Waals surface area contributed by atoms with Crippen LogP contribution in [0.4, 0.5) is 0 Å². The molecule has 0 unspecified atom stereocenters. The maximum Gasteiger partial charge on any atom is 0.157 e. The number of benzene rings is 1. The van der Waals surface area contributed by atoms with Crippen molar-refractivity contribution in [2.45, 2.75) is 13.0 Å². The van der Waals surface area contributed by atoms with E-state index in [4.69, 9.17) is 4.42 Å². The van der Waals surface area contributed by atoms with Gasteiger partial charge in [0.2, 0.25) is 0 Å². The Hall–Kier alpha value is -1.54. The van der Waals surface area contributed by atoms with Crippen molar-refractivity contribution in [3.05, 3.63) is 60.1 Å². The minimum absolute atomic E-state index is 0.930. The third kappa shape index (κ3) is 3.26. The van der Waals surface area contributed by atoms with Gasteiger partial charge in [0.25, 0.3) is 0 Å². The van der Waals surface area contributed by atoms with Crippen LogP contribution in [0.2, 0.25) is 0 Å². The van der Waals surface area contributed by atoms with Crippen LogP contribution in [0.25, 0.3) is 0 Å². The van der Waals surface area contributed by atoms with E-state index in [1.165, 1.54) is 5.56 Å². The lowest BCUT2D eigenvalue weighted by Crippen LogP contribution is -2.83. The van der Waals surface area contributed by atoms with Gasteiger partial charge in [0, 0.05) is 6.42 Å². The highest BCUT2D eigenvalue weighted by Crippen LogP contribution is 1.98. The fourth-order valence-electron chi connectivity index (χ4n) is 1.59. The first-order valence-electron chi connectivity index (χ1n) is 5.33. The Morgan fingerprint density at radius 2 is 1.87 bits per heavy atom. The van der Waals surface area contributed by atoms with Gasteiger partial charge in [-0.15, -0.1) is 0 Å². The van der Waals surface area contributed by atoms with E-state index in [0.29, 0.717) is 0 Å². The number of quaternary nitrogens is 1. The zero-order valence-corrected chi connectivity index (χ0v) is 8.73. The molecule has 2 N–H and O–H groups in total. The smallest absolute Gasteiger partial charge is 0.157 e. The second-order valence-corrected chi connectivity index (χ2v) is 3.60. The fourth-order valence-corrected chi connectivity index (χ4v) is 1.59. The van der Waals surface area contributed by atoms with E-state index in [1.54, 1.807) is 6.26 Å². The van der Waals surface area contributed by atoms with Gasteiger partial charge in [0.15, 0.2) is 5.76 Å². The van der Waals surface area contributed by atoms with Crippen molar-refractivity contribution < 1.29 is 9.73 Å². The lowest BCUT2D eigenvalue weighted by Gasteiger charge is -2.00. The third-order valence-electron chi connectivity index (χ3n) is 2.41. The molecule has 2 rings (SSSR count). The topological polar surface area (TPSA) is 29.8 Å². The van der Waals surface area contributed by atoms with Gasteiger partial charge >= 0.3 is 0 Å². The molecular weight excluding hydrogens is 186 g/mol. The predicted molar refractivity (Wildman–Crippen MR) is 59.4 cm³/mol. The van der Waals surface area contributed by atoms with Crippen LogP contribution in [0.15, 0.2) is 53.1 Å². The van der Waals surface area contributed by atoms with Crippen molar-refractivity contribution in [1.29, 1.82) is 0 Å². The van der Waals surface area contributed by atoms with E-state index in [-0.39, 0.29) is 0 Å². The highest BCUT2D eigenvalue weighted by Gasteiger charge is 1.98. The maximum absolute atomic E-state index is 5.25. The third-order valence-corrected chi connectivity index (χ3v) is 2.41. The van der Waals surface area contributed by atoms with Crippen LogP contribution in [0.5, 0.6) is 0 Å². The first-order chi connectivity index (χ1) is 7.45. The summed E-state index contributed by atoms with van der Waals surface area (Å²) >= 11 is 0. The summed E-state index contributed by atoms with van der Waals surface area (Å²) in [5, 5.41) is 2.27. The Labute approximate surface area is 89.9 Å². The van der Waals surface area contributed by atoms with Crippen molar-refractivity contribution in [2.24, 2.45) is 0 Å². The number of rotatable bonds is 5. The minimum Gasteiger partial charge on any atom is -0.463 e.